The lowest BCUT2D eigenvalue weighted by Gasteiger charge is -2.19. The van der Waals surface area contributed by atoms with E-state index in [1.807, 2.05) is 12.1 Å². The Kier molecular flexibility index (Phi) is 5.38. The molecule has 0 unspecified atom stereocenters. The van der Waals surface area contributed by atoms with Gasteiger partial charge in [-0.05, 0) is 67.2 Å². The molecule has 0 fully saturated rings. The van der Waals surface area contributed by atoms with Gasteiger partial charge in [-0.3, -0.25) is 18.9 Å². The maximum atomic E-state index is 12.9. The van der Waals surface area contributed by atoms with Gasteiger partial charge in [-0.2, -0.15) is 0 Å². The van der Waals surface area contributed by atoms with Gasteiger partial charge in [-0.1, -0.05) is 36.5 Å². The van der Waals surface area contributed by atoms with Crippen LogP contribution in [-0.4, -0.2) is 22.8 Å². The van der Waals surface area contributed by atoms with Crippen LogP contribution in [0.4, 0.5) is 5.69 Å². The Balaban J connectivity index is 1.63. The lowest BCUT2D eigenvalue weighted by atomic mass is 9.90. The van der Waals surface area contributed by atoms with Crippen molar-refractivity contribution in [1.29, 1.82) is 0 Å². The molecule has 3 aromatic rings. The summed E-state index contributed by atoms with van der Waals surface area (Å²) in [4.78, 5) is 28.6. The fourth-order valence-corrected chi connectivity index (χ4v) is 6.14. The summed E-state index contributed by atoms with van der Waals surface area (Å²) in [5.74, 6) is 0. The summed E-state index contributed by atoms with van der Waals surface area (Å²) in [5.41, 5.74) is 2.72. The number of aromatic amines is 1. The van der Waals surface area contributed by atoms with Gasteiger partial charge < -0.3 is 4.98 Å². The van der Waals surface area contributed by atoms with Crippen LogP contribution in [0.25, 0.3) is 16.7 Å². The number of rotatable bonds is 4. The first-order chi connectivity index (χ1) is 15.8. The second-order valence-corrected chi connectivity index (χ2v) is 10.3. The summed E-state index contributed by atoms with van der Waals surface area (Å²) < 4.78 is 29.6. The third-order valence-corrected chi connectivity index (χ3v) is 7.98. The number of thiocarbonyl (C=S) groups is 1. The van der Waals surface area contributed by atoms with E-state index in [-0.39, 0.29) is 10.6 Å². The molecule has 2 aliphatic rings. The number of allylic oxidation sites excluding steroid dienone is 4. The number of sulfonamides is 1. The predicted molar refractivity (Wildman–Crippen MR) is 134 cm³/mol. The standard InChI is InChI=1S/C24H21N3O4S2/c28-23-24(29)27(19-13-12-15-6-1-2-9-18(15)22(19)25-23)17-8-5-7-16(14-17)26-33(30,31)21-11-4-3-10-20(21)32/h3-5,7-8,11-14,26H,1-2,6,9-10H2,(H,25,28). The molecule has 0 radical (unpaired) electrons. The van der Waals surface area contributed by atoms with E-state index in [2.05, 4.69) is 9.71 Å². The summed E-state index contributed by atoms with van der Waals surface area (Å²) >= 11 is 5.20. The molecule has 9 heteroatoms. The average Bonchev–Trinajstić information content (AvgIpc) is 2.80. The van der Waals surface area contributed by atoms with E-state index < -0.39 is 21.1 Å². The van der Waals surface area contributed by atoms with Crippen LogP contribution < -0.4 is 15.8 Å². The van der Waals surface area contributed by atoms with Gasteiger partial charge in [0.25, 0.3) is 10.0 Å². The summed E-state index contributed by atoms with van der Waals surface area (Å²) in [5, 5.41) is 0. The number of fused-ring (bicyclic) bond motifs is 3. The highest BCUT2D eigenvalue weighted by atomic mass is 32.2. The van der Waals surface area contributed by atoms with Gasteiger partial charge in [0.2, 0.25) is 0 Å². The number of aromatic nitrogens is 2. The van der Waals surface area contributed by atoms with Crippen molar-refractivity contribution in [3.63, 3.8) is 0 Å². The number of aryl methyl sites for hydroxylation is 2. The molecule has 0 atom stereocenters. The molecule has 0 bridgehead atoms. The number of anilines is 1. The van der Waals surface area contributed by atoms with E-state index in [9.17, 15) is 18.0 Å². The number of hydrogen-bond donors (Lipinski definition) is 2. The lowest BCUT2D eigenvalue weighted by molar-refractivity contribution is 0.608. The quantitative estimate of drug-likeness (QED) is 0.441. The van der Waals surface area contributed by atoms with Gasteiger partial charge >= 0.3 is 11.1 Å². The van der Waals surface area contributed by atoms with Crippen LogP contribution in [0.15, 0.2) is 69.1 Å². The number of nitrogens with one attached hydrogen (secondary N) is 2. The maximum Gasteiger partial charge on any atom is 0.321 e. The molecule has 33 heavy (non-hydrogen) atoms. The fraction of sp³-hybridized carbons (Fsp3) is 0.208. The van der Waals surface area contributed by atoms with Crippen molar-refractivity contribution in [3.8, 4) is 5.69 Å². The molecule has 2 aliphatic carbocycles. The smallest absolute Gasteiger partial charge is 0.316 e. The zero-order valence-electron chi connectivity index (χ0n) is 17.6. The van der Waals surface area contributed by atoms with Gasteiger partial charge in [0, 0.05) is 11.3 Å². The summed E-state index contributed by atoms with van der Waals surface area (Å²) in [7, 11) is -3.89. The molecule has 1 heterocycles. The molecule has 1 aromatic heterocycles. The Bertz CT molecular complexity index is 1590. The summed E-state index contributed by atoms with van der Waals surface area (Å²) in [6, 6.07) is 10.3. The summed E-state index contributed by atoms with van der Waals surface area (Å²) in [6.07, 6.45) is 9.21. The van der Waals surface area contributed by atoms with Crippen molar-refractivity contribution in [1.82, 2.24) is 9.55 Å². The molecular weight excluding hydrogens is 458 g/mol. The van der Waals surface area contributed by atoms with Crippen molar-refractivity contribution in [3.05, 3.63) is 91.4 Å². The van der Waals surface area contributed by atoms with E-state index in [1.54, 1.807) is 36.4 Å². The minimum atomic E-state index is -3.89. The first-order valence-corrected chi connectivity index (χ1v) is 12.6. The molecule has 0 saturated heterocycles. The van der Waals surface area contributed by atoms with E-state index in [0.717, 1.165) is 31.2 Å². The molecule has 7 nitrogen and oxygen atoms in total. The van der Waals surface area contributed by atoms with Gasteiger partial charge in [0.15, 0.2) is 0 Å². The second-order valence-electron chi connectivity index (χ2n) is 8.14. The van der Waals surface area contributed by atoms with Gasteiger partial charge in [0.1, 0.15) is 4.91 Å². The second kappa shape index (κ2) is 8.24. The first-order valence-electron chi connectivity index (χ1n) is 10.7. The normalized spacial score (nSPS) is 15.9. The fourth-order valence-electron chi connectivity index (χ4n) is 4.46. The minimum absolute atomic E-state index is 0.0517. The minimum Gasteiger partial charge on any atom is -0.316 e. The highest BCUT2D eigenvalue weighted by Gasteiger charge is 2.23. The van der Waals surface area contributed by atoms with Crippen molar-refractivity contribution in [2.45, 2.75) is 32.1 Å². The first kappa shape index (κ1) is 21.5. The predicted octanol–water partition coefficient (Wildman–Crippen LogP) is 3.51. The zero-order valence-corrected chi connectivity index (χ0v) is 19.3. The van der Waals surface area contributed by atoms with E-state index in [1.165, 1.54) is 16.2 Å². The molecular formula is C24H21N3O4S2. The number of hydrogen-bond acceptors (Lipinski definition) is 5. The molecule has 168 valence electrons. The van der Waals surface area contributed by atoms with Crippen molar-refractivity contribution in [2.75, 3.05) is 4.72 Å². The zero-order chi connectivity index (χ0) is 23.2. The molecule has 2 N–H and O–H groups in total. The molecule has 0 saturated carbocycles. The monoisotopic (exact) mass is 479 g/mol. The summed E-state index contributed by atoms with van der Waals surface area (Å²) in [6.45, 7) is 0. The highest BCUT2D eigenvalue weighted by molar-refractivity contribution is 7.99. The maximum absolute atomic E-state index is 12.9. The Morgan fingerprint density at radius 1 is 1.06 bits per heavy atom. The SMILES string of the molecule is O=c1[nH]c2c3c(ccc2n(-c2cccc(NS(=O)(=O)C4=CC=CCC4=S)c2)c1=O)CCCC3. The molecule has 2 aromatic carbocycles. The van der Waals surface area contributed by atoms with Crippen LogP contribution in [0.5, 0.6) is 0 Å². The van der Waals surface area contributed by atoms with Crippen molar-refractivity contribution in [2.24, 2.45) is 0 Å². The largest absolute Gasteiger partial charge is 0.321 e. The van der Waals surface area contributed by atoms with Crippen molar-refractivity contribution < 1.29 is 8.42 Å². The van der Waals surface area contributed by atoms with E-state index >= 15 is 0 Å². The van der Waals surface area contributed by atoms with E-state index in [4.69, 9.17) is 12.2 Å². The molecule has 0 aliphatic heterocycles. The van der Waals surface area contributed by atoms with Gasteiger partial charge in [0.05, 0.1) is 22.4 Å². The molecule has 0 spiro atoms. The Hall–Kier alpha value is -3.30. The third kappa shape index (κ3) is 3.87. The highest BCUT2D eigenvalue weighted by Crippen LogP contribution is 2.28. The number of H-pyrrole nitrogens is 1. The third-order valence-electron chi connectivity index (χ3n) is 6.00. The van der Waals surface area contributed by atoms with Crippen LogP contribution >= 0.6 is 12.2 Å². The Labute approximate surface area is 195 Å². The average molecular weight is 480 g/mol. The van der Waals surface area contributed by atoms with Gasteiger partial charge in [-0.15, -0.1) is 0 Å². The van der Waals surface area contributed by atoms with Crippen LogP contribution in [0.2, 0.25) is 0 Å². The van der Waals surface area contributed by atoms with Gasteiger partial charge in [-0.25, -0.2) is 8.42 Å². The molecule has 0 amide bonds. The Morgan fingerprint density at radius 2 is 1.88 bits per heavy atom. The van der Waals surface area contributed by atoms with Crippen LogP contribution in [0.1, 0.15) is 30.4 Å². The van der Waals surface area contributed by atoms with Crippen LogP contribution in [0.3, 0.4) is 0 Å². The molecule has 5 rings (SSSR count). The van der Waals surface area contributed by atoms with Crippen LogP contribution in [0, 0.1) is 0 Å². The number of nitrogens with zero attached hydrogens (tertiary/aromatic N) is 1. The Morgan fingerprint density at radius 3 is 2.70 bits per heavy atom. The van der Waals surface area contributed by atoms with Crippen molar-refractivity contribution >= 4 is 43.8 Å². The van der Waals surface area contributed by atoms with E-state index in [0.29, 0.717) is 28.0 Å². The van der Waals surface area contributed by atoms with Crippen LogP contribution in [-0.2, 0) is 22.9 Å². The lowest BCUT2D eigenvalue weighted by Crippen LogP contribution is -2.36. The number of benzene rings is 2. The topological polar surface area (TPSA) is 101 Å².